The number of aliphatic hydroxyl groups is 1. The van der Waals surface area contributed by atoms with Crippen molar-refractivity contribution in [1.29, 1.82) is 0 Å². The third-order valence-corrected chi connectivity index (χ3v) is 10.5. The second kappa shape index (κ2) is 9.72. The maximum atomic E-state index is 10.7. The Morgan fingerprint density at radius 1 is 1.08 bits per heavy atom. The van der Waals surface area contributed by atoms with Crippen molar-refractivity contribution in [2.75, 3.05) is 13.2 Å². The molecule has 0 aromatic rings. The minimum Gasteiger partial charge on any atom is -0.478 e. The zero-order chi connectivity index (χ0) is 26.4. The number of aliphatic hydroxyl groups excluding tert-OH is 1. The number of hydrogen-bond acceptors (Lipinski definition) is 7. The zero-order valence-corrected chi connectivity index (χ0v) is 21.7. The van der Waals surface area contributed by atoms with Crippen LogP contribution in [0.1, 0.15) is 78.6 Å². The van der Waals surface area contributed by atoms with Crippen LogP contribution in [0.5, 0.6) is 0 Å². The Hall–Kier alpha value is -1.97. The van der Waals surface area contributed by atoms with Gasteiger partial charge in [0.1, 0.15) is 17.8 Å². The molecule has 1 heterocycles. The van der Waals surface area contributed by atoms with E-state index in [1.807, 2.05) is 0 Å². The van der Waals surface area contributed by atoms with Crippen LogP contribution in [-0.4, -0.2) is 63.4 Å². The van der Waals surface area contributed by atoms with Crippen LogP contribution in [0.25, 0.3) is 0 Å². The fourth-order valence-electron chi connectivity index (χ4n) is 8.77. The van der Waals surface area contributed by atoms with Crippen LogP contribution in [0.3, 0.4) is 0 Å². The van der Waals surface area contributed by atoms with E-state index < -0.39 is 11.9 Å². The van der Waals surface area contributed by atoms with E-state index in [2.05, 4.69) is 25.9 Å². The van der Waals surface area contributed by atoms with Crippen molar-refractivity contribution in [3.8, 4) is 0 Å². The molecule has 4 saturated carbocycles. The summed E-state index contributed by atoms with van der Waals surface area (Å²) in [5.74, 6) is -0.366. The summed E-state index contributed by atoms with van der Waals surface area (Å²) in [5, 5.41) is 30.8. The predicted molar refractivity (Wildman–Crippen MR) is 133 cm³/mol. The molecule has 9 heteroatoms. The Labute approximate surface area is 213 Å². The van der Waals surface area contributed by atoms with Gasteiger partial charge >= 0.3 is 11.9 Å². The van der Waals surface area contributed by atoms with E-state index in [-0.39, 0.29) is 28.1 Å². The Kier molecular flexibility index (Phi) is 7.31. The normalized spacial score (nSPS) is 45.5. The first-order valence-corrected chi connectivity index (χ1v) is 13.4. The highest BCUT2D eigenvalue weighted by molar-refractivity contribution is 5.98. The first-order valence-electron chi connectivity index (χ1n) is 13.4. The van der Waals surface area contributed by atoms with Crippen LogP contribution in [0.2, 0.25) is 0 Å². The van der Waals surface area contributed by atoms with Gasteiger partial charge in [0.25, 0.3) is 0 Å². The minimum atomic E-state index is -1.26. The van der Waals surface area contributed by atoms with Crippen LogP contribution < -0.4 is 5.73 Å². The quantitative estimate of drug-likeness (QED) is 0.185. The number of hydrogen-bond donors (Lipinski definition) is 4. The smallest absolute Gasteiger partial charge is 0.328 e. The summed E-state index contributed by atoms with van der Waals surface area (Å²) in [4.78, 5) is 24.6. The summed E-state index contributed by atoms with van der Waals surface area (Å²) in [6, 6.07) is 0. The highest BCUT2D eigenvalue weighted by atomic mass is 16.7. The molecule has 0 radical (unpaired) electrons. The van der Waals surface area contributed by atoms with Crippen molar-refractivity contribution < 1.29 is 34.5 Å². The molecule has 0 aromatic heterocycles. The highest BCUT2D eigenvalue weighted by Gasteiger charge is 2.83. The summed E-state index contributed by atoms with van der Waals surface area (Å²) in [6.45, 7) is 8.10. The molecule has 5 rings (SSSR count). The predicted octanol–water partition coefficient (Wildman–Crippen LogP) is 3.34. The third kappa shape index (κ3) is 3.98. The molecule has 4 aliphatic carbocycles. The van der Waals surface area contributed by atoms with E-state index in [9.17, 15) is 14.7 Å². The molecular weight excluding hydrogens is 464 g/mol. The topological polar surface area (TPSA) is 155 Å². The van der Waals surface area contributed by atoms with Gasteiger partial charge in [-0.1, -0.05) is 25.9 Å². The number of rotatable bonds is 6. The number of carboxylic acid groups (broad SMARTS) is 2. The van der Waals surface area contributed by atoms with Crippen LogP contribution in [0.4, 0.5) is 0 Å². The van der Waals surface area contributed by atoms with Gasteiger partial charge < -0.3 is 30.6 Å². The number of fused-ring (bicyclic) bond motifs is 4. The molecule has 1 spiro atoms. The van der Waals surface area contributed by atoms with Gasteiger partial charge in [0.15, 0.2) is 0 Å². The van der Waals surface area contributed by atoms with Gasteiger partial charge in [0.2, 0.25) is 0 Å². The Morgan fingerprint density at radius 2 is 1.78 bits per heavy atom. The first-order chi connectivity index (χ1) is 17.0. The number of epoxide rings is 1. The Morgan fingerprint density at radius 3 is 2.39 bits per heavy atom. The van der Waals surface area contributed by atoms with Gasteiger partial charge in [0.05, 0.1) is 11.8 Å². The van der Waals surface area contributed by atoms with Crippen LogP contribution in [0.15, 0.2) is 17.3 Å². The molecule has 0 aromatic carbocycles. The Balaban J connectivity index is 0.000000331. The SMILES string of the molecule is CC[C@]12O[C@]13CC[C@H]1[C@@H]4CC[C@H](O)[C@@]4(C)CC[C@@H]1[C@@]3(C)CC/C2=N\OCCN.O=C(O)/C=C/C(=O)O. The fraction of sp³-hybridized carbons (Fsp3) is 0.815. The first kappa shape index (κ1) is 27.1. The summed E-state index contributed by atoms with van der Waals surface area (Å²) >= 11 is 0. The lowest BCUT2D eigenvalue weighted by molar-refractivity contribution is -0.134. The molecular formula is C27H42N2O7. The summed E-state index contributed by atoms with van der Waals surface area (Å²) in [7, 11) is 0. The minimum absolute atomic E-state index is 0.0516. The molecule has 8 atom stereocenters. The van der Waals surface area contributed by atoms with E-state index in [4.69, 9.17) is 25.5 Å². The molecule has 9 nitrogen and oxygen atoms in total. The largest absolute Gasteiger partial charge is 0.478 e. The standard InChI is InChI=1S/C23H38N2O3.C4H4O4/c1-4-22-18(25-27-14-13-24)9-11-21(3)17-8-10-20(2)16(5-6-19(20)26)15(17)7-12-23(21,22)28-22;5-3(6)1-2-4(7)8/h15-17,19,26H,4-14,24H2,1-3H3;1-2H,(H,5,6)(H,7,8)/b25-18+;2-1+/t15-,16-,17-,19-,20-,21+,22+,23-;/m0./s1. The van der Waals surface area contributed by atoms with Gasteiger partial charge in [-0.05, 0) is 81.0 Å². The number of ether oxygens (including phenoxy) is 1. The molecule has 1 aliphatic heterocycles. The number of oxime groups is 1. The summed E-state index contributed by atoms with van der Waals surface area (Å²) in [5.41, 5.74) is 6.79. The fourth-order valence-corrected chi connectivity index (χ4v) is 8.77. The van der Waals surface area contributed by atoms with Crippen LogP contribution in [0, 0.1) is 28.6 Å². The number of carboxylic acids is 2. The molecule has 0 unspecified atom stereocenters. The van der Waals surface area contributed by atoms with Crippen molar-refractivity contribution in [3.63, 3.8) is 0 Å². The molecule has 5 aliphatic rings. The molecule has 202 valence electrons. The number of carbonyl (C=O) groups is 2. The maximum Gasteiger partial charge on any atom is 0.328 e. The summed E-state index contributed by atoms with van der Waals surface area (Å²) < 4.78 is 6.77. The van der Waals surface area contributed by atoms with Crippen molar-refractivity contribution in [1.82, 2.24) is 0 Å². The molecule has 5 N–H and O–H groups in total. The zero-order valence-electron chi connectivity index (χ0n) is 21.7. The molecule has 0 bridgehead atoms. The molecule has 5 fully saturated rings. The second-order valence-corrected chi connectivity index (χ2v) is 11.7. The lowest BCUT2D eigenvalue weighted by atomic mass is 9.43. The van der Waals surface area contributed by atoms with Crippen LogP contribution >= 0.6 is 0 Å². The van der Waals surface area contributed by atoms with E-state index >= 15 is 0 Å². The van der Waals surface area contributed by atoms with Gasteiger partial charge in [-0.3, -0.25) is 0 Å². The second-order valence-electron chi connectivity index (χ2n) is 11.7. The van der Waals surface area contributed by atoms with Crippen molar-refractivity contribution in [2.24, 2.45) is 39.5 Å². The van der Waals surface area contributed by atoms with E-state index in [1.54, 1.807) is 0 Å². The highest BCUT2D eigenvalue weighted by Crippen LogP contribution is 2.76. The number of nitrogens with zero attached hydrogens (tertiary/aromatic N) is 1. The molecule has 0 amide bonds. The van der Waals surface area contributed by atoms with Gasteiger partial charge in [-0.25, -0.2) is 9.59 Å². The lowest BCUT2D eigenvalue weighted by Crippen LogP contribution is -2.60. The lowest BCUT2D eigenvalue weighted by Gasteiger charge is -2.59. The summed E-state index contributed by atoms with van der Waals surface area (Å²) in [6.07, 6.45) is 11.1. The van der Waals surface area contributed by atoms with E-state index in [0.717, 1.165) is 43.7 Å². The van der Waals surface area contributed by atoms with Crippen molar-refractivity contribution >= 4 is 17.7 Å². The maximum absolute atomic E-state index is 10.7. The van der Waals surface area contributed by atoms with E-state index in [0.29, 0.717) is 37.1 Å². The van der Waals surface area contributed by atoms with Crippen molar-refractivity contribution in [2.45, 2.75) is 95.9 Å². The van der Waals surface area contributed by atoms with Gasteiger partial charge in [-0.2, -0.15) is 0 Å². The van der Waals surface area contributed by atoms with Gasteiger partial charge in [-0.15, -0.1) is 0 Å². The Bertz CT molecular complexity index is 921. The van der Waals surface area contributed by atoms with E-state index in [1.165, 1.54) is 25.7 Å². The van der Waals surface area contributed by atoms with Crippen molar-refractivity contribution in [3.05, 3.63) is 12.2 Å². The van der Waals surface area contributed by atoms with Gasteiger partial charge in [0, 0.05) is 24.1 Å². The average Bonchev–Trinajstić information content (AvgIpc) is 3.44. The molecule has 36 heavy (non-hydrogen) atoms. The monoisotopic (exact) mass is 506 g/mol. The number of nitrogens with two attached hydrogens (primary N) is 1. The average molecular weight is 507 g/mol. The third-order valence-electron chi connectivity index (χ3n) is 10.5. The van der Waals surface area contributed by atoms with Crippen LogP contribution in [-0.2, 0) is 19.2 Å². The number of aliphatic carboxylic acids is 2. The molecule has 1 saturated heterocycles.